The molecule has 0 saturated heterocycles. The van der Waals surface area contributed by atoms with Crippen LogP contribution in [0.4, 0.5) is 0 Å². The van der Waals surface area contributed by atoms with Gasteiger partial charge in [-0.25, -0.2) is 0 Å². The molecule has 0 fully saturated rings. The van der Waals surface area contributed by atoms with E-state index in [1.165, 1.54) is 0 Å². The fourth-order valence-corrected chi connectivity index (χ4v) is 4.18. The van der Waals surface area contributed by atoms with E-state index in [9.17, 15) is 9.59 Å². The summed E-state index contributed by atoms with van der Waals surface area (Å²) in [6.45, 7) is 7.98. The molecule has 5 heteroatoms. The van der Waals surface area contributed by atoms with Crippen LogP contribution in [0.15, 0.2) is 6.08 Å². The third-order valence-corrected chi connectivity index (χ3v) is 5.46. The highest BCUT2D eigenvalue weighted by atomic mass is 16.5. The minimum atomic E-state index is -0.476. The number of benzene rings is 1. The summed E-state index contributed by atoms with van der Waals surface area (Å²) in [5.41, 5.74) is 1.59. The Hall–Kier alpha value is -2.30. The molecule has 4 rings (SSSR count). The Morgan fingerprint density at radius 3 is 2.67 bits per heavy atom. The molecule has 3 heterocycles. The fourth-order valence-electron chi connectivity index (χ4n) is 4.18. The van der Waals surface area contributed by atoms with Gasteiger partial charge in [-0.15, -0.1) is 0 Å². The van der Waals surface area contributed by atoms with Crippen molar-refractivity contribution < 1.29 is 23.8 Å². The second-order valence-electron chi connectivity index (χ2n) is 8.30. The molecule has 2 unspecified atom stereocenters. The summed E-state index contributed by atoms with van der Waals surface area (Å²) in [6.07, 6.45) is 7.25. The molecule has 0 bridgehead atoms. The lowest BCUT2D eigenvalue weighted by Gasteiger charge is -2.37. The molecule has 0 amide bonds. The summed E-state index contributed by atoms with van der Waals surface area (Å²) in [6, 6.07) is 0. The minimum Gasteiger partial charge on any atom is -0.489 e. The largest absolute Gasteiger partial charge is 0.489 e. The number of rotatable bonds is 3. The Kier molecular flexibility index (Phi) is 4.28. The average molecular weight is 370 g/mol. The van der Waals surface area contributed by atoms with Gasteiger partial charge >= 0.3 is 5.97 Å². The first kappa shape index (κ1) is 18.1. The van der Waals surface area contributed by atoms with E-state index in [4.69, 9.17) is 14.2 Å². The summed E-state index contributed by atoms with van der Waals surface area (Å²) < 4.78 is 18.0. The summed E-state index contributed by atoms with van der Waals surface area (Å²) in [7, 11) is 0. The fraction of sp³-hybridized carbons (Fsp3) is 0.545. The number of hydrogen-bond donors (Lipinski definition) is 0. The Balaban J connectivity index is 1.99. The van der Waals surface area contributed by atoms with Crippen molar-refractivity contribution in [2.45, 2.75) is 77.4 Å². The molecule has 1 aromatic carbocycles. The molecule has 0 spiro atoms. The summed E-state index contributed by atoms with van der Waals surface area (Å²) >= 11 is 0. The lowest BCUT2D eigenvalue weighted by molar-refractivity contribution is -0.136. The zero-order chi connectivity index (χ0) is 19.3. The van der Waals surface area contributed by atoms with E-state index >= 15 is 0 Å². The lowest BCUT2D eigenvalue weighted by atomic mass is 9.81. The van der Waals surface area contributed by atoms with Crippen molar-refractivity contribution >= 4 is 17.8 Å². The van der Waals surface area contributed by atoms with Crippen molar-refractivity contribution in [3.63, 3.8) is 0 Å². The van der Waals surface area contributed by atoms with Gasteiger partial charge in [-0.3, -0.25) is 9.59 Å². The lowest BCUT2D eigenvalue weighted by Crippen LogP contribution is -2.33. The maximum absolute atomic E-state index is 12.9. The molecule has 1 aromatic rings. The van der Waals surface area contributed by atoms with Gasteiger partial charge in [0, 0.05) is 17.9 Å². The van der Waals surface area contributed by atoms with Crippen molar-refractivity contribution in [1.82, 2.24) is 0 Å². The number of ether oxygens (including phenoxy) is 3. The molecule has 0 N–H and O–H groups in total. The predicted molar refractivity (Wildman–Crippen MR) is 102 cm³/mol. The van der Waals surface area contributed by atoms with Gasteiger partial charge < -0.3 is 14.2 Å². The molecule has 0 saturated carbocycles. The van der Waals surface area contributed by atoms with Crippen molar-refractivity contribution in [3.8, 4) is 17.2 Å². The van der Waals surface area contributed by atoms with E-state index in [-0.39, 0.29) is 30.2 Å². The van der Waals surface area contributed by atoms with Crippen LogP contribution in [0.5, 0.6) is 17.2 Å². The Morgan fingerprint density at radius 1 is 1.15 bits per heavy atom. The molecule has 3 aliphatic heterocycles. The first-order valence-electron chi connectivity index (χ1n) is 9.83. The molecular formula is C22H26O5. The molecular weight excluding hydrogens is 344 g/mol. The van der Waals surface area contributed by atoms with Crippen molar-refractivity contribution in [1.29, 1.82) is 0 Å². The summed E-state index contributed by atoms with van der Waals surface area (Å²) in [5.74, 6) is 1.22. The third-order valence-electron chi connectivity index (χ3n) is 5.46. The van der Waals surface area contributed by atoms with Gasteiger partial charge in [-0.05, 0) is 39.3 Å². The molecule has 2 atom stereocenters. The van der Waals surface area contributed by atoms with Gasteiger partial charge in [-0.2, -0.15) is 0 Å². The summed E-state index contributed by atoms with van der Waals surface area (Å²) in [4.78, 5) is 25.2. The van der Waals surface area contributed by atoms with Crippen molar-refractivity contribution in [2.24, 2.45) is 0 Å². The van der Waals surface area contributed by atoms with Crippen LogP contribution in [0.1, 0.15) is 87.2 Å². The smallest absolute Gasteiger partial charge is 0.311 e. The molecule has 3 aliphatic rings. The van der Waals surface area contributed by atoms with E-state index in [1.54, 1.807) is 0 Å². The quantitative estimate of drug-likeness (QED) is 0.564. The highest BCUT2D eigenvalue weighted by Gasteiger charge is 2.42. The zero-order valence-corrected chi connectivity index (χ0v) is 16.4. The van der Waals surface area contributed by atoms with Crippen LogP contribution in [0.25, 0.3) is 6.08 Å². The maximum atomic E-state index is 12.9. The van der Waals surface area contributed by atoms with Crippen LogP contribution in [0.3, 0.4) is 0 Å². The summed E-state index contributed by atoms with van der Waals surface area (Å²) in [5, 5.41) is 0. The van der Waals surface area contributed by atoms with Crippen LogP contribution in [-0.4, -0.2) is 23.5 Å². The van der Waals surface area contributed by atoms with Gasteiger partial charge in [0.25, 0.3) is 0 Å². The second-order valence-corrected chi connectivity index (χ2v) is 8.30. The highest BCUT2D eigenvalue weighted by molar-refractivity contribution is 6.06. The molecule has 144 valence electrons. The van der Waals surface area contributed by atoms with Gasteiger partial charge in [0.1, 0.15) is 28.8 Å². The molecule has 5 nitrogen and oxygen atoms in total. The molecule has 27 heavy (non-hydrogen) atoms. The van der Waals surface area contributed by atoms with E-state index < -0.39 is 5.60 Å². The normalized spacial score (nSPS) is 24.9. The van der Waals surface area contributed by atoms with Gasteiger partial charge in [-0.1, -0.05) is 19.8 Å². The standard InChI is InChI=1S/C22H26O5/c1-5-6-7-13-11-16(24)26-21-17(13)20-14(8-9-22(3,4)27-20)19-18(21)15(23)10-12(2)25-19/h8-9,12-13H,5-7,10-11H2,1-4H3. The molecule has 0 aliphatic carbocycles. The average Bonchev–Trinajstić information content (AvgIpc) is 2.57. The van der Waals surface area contributed by atoms with Crippen molar-refractivity contribution in [2.75, 3.05) is 0 Å². The first-order valence-corrected chi connectivity index (χ1v) is 9.83. The topological polar surface area (TPSA) is 61.8 Å². The minimum absolute atomic E-state index is 0.00491. The van der Waals surface area contributed by atoms with Crippen LogP contribution in [-0.2, 0) is 4.79 Å². The van der Waals surface area contributed by atoms with Gasteiger partial charge in [0.15, 0.2) is 11.5 Å². The van der Waals surface area contributed by atoms with Gasteiger partial charge in [0.05, 0.1) is 12.0 Å². The van der Waals surface area contributed by atoms with Crippen molar-refractivity contribution in [3.05, 3.63) is 22.8 Å². The van der Waals surface area contributed by atoms with Crippen LogP contribution in [0, 0.1) is 0 Å². The maximum Gasteiger partial charge on any atom is 0.311 e. The molecule has 0 aromatic heterocycles. The molecule has 0 radical (unpaired) electrons. The number of fused-ring (bicyclic) bond motifs is 6. The number of Topliss-reactive ketones (excluding diaryl/α,β-unsaturated/α-hetero) is 1. The van der Waals surface area contributed by atoms with E-state index in [0.717, 1.165) is 30.4 Å². The van der Waals surface area contributed by atoms with E-state index in [1.807, 2.05) is 32.9 Å². The Morgan fingerprint density at radius 2 is 1.93 bits per heavy atom. The third kappa shape index (κ3) is 3.03. The highest BCUT2D eigenvalue weighted by Crippen LogP contribution is 2.55. The number of carbonyl (C=O) groups is 2. The van der Waals surface area contributed by atoms with E-state index in [2.05, 4.69) is 6.92 Å². The predicted octanol–water partition coefficient (Wildman–Crippen LogP) is 4.81. The Bertz CT molecular complexity index is 849. The SMILES string of the molecule is CCCCC1CC(=O)Oc2c3c(c4c(c21)OC(C)(C)C=C4)OC(C)CC3=O. The van der Waals surface area contributed by atoms with Crippen LogP contribution in [0.2, 0.25) is 0 Å². The number of esters is 1. The van der Waals surface area contributed by atoms with Gasteiger partial charge in [0.2, 0.25) is 0 Å². The van der Waals surface area contributed by atoms with E-state index in [0.29, 0.717) is 29.2 Å². The van der Waals surface area contributed by atoms with Crippen LogP contribution >= 0.6 is 0 Å². The number of ketones is 1. The Labute approximate surface area is 159 Å². The second kappa shape index (κ2) is 6.39. The number of carbonyl (C=O) groups excluding carboxylic acids is 2. The van der Waals surface area contributed by atoms with Crippen LogP contribution < -0.4 is 14.2 Å². The first-order chi connectivity index (χ1) is 12.8. The number of hydrogen-bond acceptors (Lipinski definition) is 5. The monoisotopic (exact) mass is 370 g/mol. The number of unbranched alkanes of at least 4 members (excludes halogenated alkanes) is 1. The zero-order valence-electron chi connectivity index (χ0n) is 16.4.